The standard InChI is InChI=1S/C22H21F4N7O/c1-12-13-6-15(7-13)32(18(12)9-28-20-11-27-19(10-29-20)22(24,25)26)21(34)16-3-2-14(23)8-17(16)33-30-4-5-31-33/h2-5,8,10-13,15,18H,6-7,9H2,1H3,(H,28,29)/t12-,13?,15?,18-/m1/s1. The van der Waals surface area contributed by atoms with E-state index in [1.165, 1.54) is 35.4 Å². The number of amides is 1. The number of piperidine rings is 2. The fraction of sp³-hybridized carbons (Fsp3) is 0.409. The van der Waals surface area contributed by atoms with E-state index < -0.39 is 17.7 Å². The number of hydrogen-bond acceptors (Lipinski definition) is 6. The molecule has 6 rings (SSSR count). The molecule has 0 spiro atoms. The van der Waals surface area contributed by atoms with E-state index in [9.17, 15) is 22.4 Å². The van der Waals surface area contributed by atoms with Crippen LogP contribution in [0.3, 0.4) is 0 Å². The molecule has 3 aromatic rings. The SMILES string of the molecule is C[C@@H]1C2CC(C2)N(C(=O)c2ccc(F)cc2-n2nccn2)[C@@H]1CNc1cnc(C(F)(F)F)cn1. The van der Waals surface area contributed by atoms with Gasteiger partial charge in [0, 0.05) is 18.7 Å². The number of alkyl halides is 3. The highest BCUT2D eigenvalue weighted by molar-refractivity contribution is 5.98. The van der Waals surface area contributed by atoms with Gasteiger partial charge in [-0.2, -0.15) is 28.2 Å². The molecule has 8 nitrogen and oxygen atoms in total. The van der Waals surface area contributed by atoms with Crippen molar-refractivity contribution in [2.45, 2.75) is 38.0 Å². The van der Waals surface area contributed by atoms with Crippen molar-refractivity contribution in [1.82, 2.24) is 29.9 Å². The number of benzene rings is 1. The van der Waals surface area contributed by atoms with Crippen molar-refractivity contribution in [3.8, 4) is 5.69 Å². The molecule has 0 unspecified atom stereocenters. The third-order valence-electron chi connectivity index (χ3n) is 6.74. The van der Waals surface area contributed by atoms with Crippen molar-refractivity contribution in [2.75, 3.05) is 11.9 Å². The molecule has 3 aliphatic rings. The Morgan fingerprint density at radius 2 is 1.88 bits per heavy atom. The Balaban J connectivity index is 1.40. The minimum atomic E-state index is -4.57. The number of carbonyl (C=O) groups excluding carboxylic acids is 1. The Bertz CT molecular complexity index is 1180. The second kappa shape index (κ2) is 8.33. The number of carbonyl (C=O) groups is 1. The molecule has 2 bridgehead atoms. The third-order valence-corrected chi connectivity index (χ3v) is 6.74. The summed E-state index contributed by atoms with van der Waals surface area (Å²) in [6, 6.07) is 3.66. The summed E-state index contributed by atoms with van der Waals surface area (Å²) >= 11 is 0. The lowest BCUT2D eigenvalue weighted by Gasteiger charge is -2.57. The van der Waals surface area contributed by atoms with Gasteiger partial charge in [0.05, 0.1) is 36.4 Å². The van der Waals surface area contributed by atoms with Crippen molar-refractivity contribution in [3.63, 3.8) is 0 Å². The average molecular weight is 475 g/mol. The van der Waals surface area contributed by atoms with Crippen LogP contribution in [-0.2, 0) is 6.18 Å². The van der Waals surface area contributed by atoms with Gasteiger partial charge in [0.15, 0.2) is 5.69 Å². The van der Waals surface area contributed by atoms with E-state index in [0.717, 1.165) is 19.0 Å². The van der Waals surface area contributed by atoms with Gasteiger partial charge in [-0.05, 0) is 36.8 Å². The van der Waals surface area contributed by atoms with Crippen LogP contribution in [-0.4, -0.2) is 54.4 Å². The van der Waals surface area contributed by atoms with E-state index in [1.54, 1.807) is 4.90 Å². The molecule has 1 aromatic carbocycles. The zero-order valence-electron chi connectivity index (χ0n) is 18.1. The van der Waals surface area contributed by atoms with Crippen LogP contribution in [0.1, 0.15) is 35.8 Å². The van der Waals surface area contributed by atoms with Crippen molar-refractivity contribution in [2.24, 2.45) is 11.8 Å². The van der Waals surface area contributed by atoms with Crippen LogP contribution in [0, 0.1) is 17.7 Å². The van der Waals surface area contributed by atoms with Gasteiger partial charge in [-0.25, -0.2) is 14.4 Å². The molecule has 2 aromatic heterocycles. The maximum atomic E-state index is 14.0. The second-order valence-electron chi connectivity index (χ2n) is 8.67. The number of hydrogen-bond donors (Lipinski definition) is 1. The lowest BCUT2D eigenvalue weighted by atomic mass is 9.64. The zero-order chi connectivity index (χ0) is 24.0. The minimum Gasteiger partial charge on any atom is -0.367 e. The first kappa shape index (κ1) is 22.2. The van der Waals surface area contributed by atoms with Gasteiger partial charge in [0.25, 0.3) is 5.91 Å². The lowest BCUT2D eigenvalue weighted by molar-refractivity contribution is -0.141. The van der Waals surface area contributed by atoms with Gasteiger partial charge in [0.2, 0.25) is 0 Å². The Labute approximate surface area is 192 Å². The summed E-state index contributed by atoms with van der Waals surface area (Å²) in [5.41, 5.74) is -0.558. The summed E-state index contributed by atoms with van der Waals surface area (Å²) in [6.07, 6.45) is 1.77. The molecule has 1 saturated carbocycles. The number of rotatable bonds is 5. The van der Waals surface area contributed by atoms with Gasteiger partial charge in [-0.1, -0.05) is 6.92 Å². The van der Waals surface area contributed by atoms with Crippen molar-refractivity contribution < 1.29 is 22.4 Å². The normalized spacial score (nSPS) is 24.0. The summed E-state index contributed by atoms with van der Waals surface area (Å²) in [5, 5.41) is 11.1. The third kappa shape index (κ3) is 3.97. The van der Waals surface area contributed by atoms with Crippen LogP contribution in [0.15, 0.2) is 43.0 Å². The molecule has 0 radical (unpaired) electrons. The number of anilines is 1. The Kier molecular flexibility index (Phi) is 5.45. The van der Waals surface area contributed by atoms with Gasteiger partial charge < -0.3 is 10.2 Å². The molecule has 2 atom stereocenters. The Hall–Kier alpha value is -3.57. The van der Waals surface area contributed by atoms with E-state index >= 15 is 0 Å². The van der Waals surface area contributed by atoms with Gasteiger partial charge >= 0.3 is 6.18 Å². The Morgan fingerprint density at radius 3 is 2.53 bits per heavy atom. The molecule has 2 aliphatic heterocycles. The monoisotopic (exact) mass is 475 g/mol. The van der Waals surface area contributed by atoms with Crippen LogP contribution in [0.2, 0.25) is 0 Å². The Morgan fingerprint density at radius 1 is 1.15 bits per heavy atom. The molecule has 34 heavy (non-hydrogen) atoms. The van der Waals surface area contributed by atoms with E-state index in [2.05, 4.69) is 32.4 Å². The summed E-state index contributed by atoms with van der Waals surface area (Å²) in [7, 11) is 0. The molecule has 1 aliphatic carbocycles. The largest absolute Gasteiger partial charge is 0.434 e. The number of nitrogens with zero attached hydrogens (tertiary/aromatic N) is 6. The fourth-order valence-electron chi connectivity index (χ4n) is 4.83. The maximum absolute atomic E-state index is 14.0. The van der Waals surface area contributed by atoms with Gasteiger partial charge in [-0.3, -0.25) is 4.79 Å². The molecule has 12 heteroatoms. The van der Waals surface area contributed by atoms with E-state index in [4.69, 9.17) is 0 Å². The summed E-state index contributed by atoms with van der Waals surface area (Å²) in [4.78, 5) is 24.0. The highest BCUT2D eigenvalue weighted by Gasteiger charge is 2.50. The molecule has 1 amide bonds. The van der Waals surface area contributed by atoms with E-state index in [-0.39, 0.29) is 47.5 Å². The van der Waals surface area contributed by atoms with Gasteiger partial charge in [-0.15, -0.1) is 0 Å². The number of fused-ring (bicyclic) bond motifs is 2. The smallest absolute Gasteiger partial charge is 0.367 e. The van der Waals surface area contributed by atoms with E-state index in [0.29, 0.717) is 12.1 Å². The van der Waals surface area contributed by atoms with Crippen molar-refractivity contribution in [3.05, 3.63) is 60.1 Å². The highest BCUT2D eigenvalue weighted by Crippen LogP contribution is 2.47. The zero-order valence-corrected chi connectivity index (χ0v) is 18.1. The minimum absolute atomic E-state index is 0.0303. The predicted octanol–water partition coefficient (Wildman–Crippen LogP) is 3.57. The first-order chi connectivity index (χ1) is 16.2. The first-order valence-corrected chi connectivity index (χ1v) is 10.8. The molecule has 2 saturated heterocycles. The molecule has 3 fully saturated rings. The van der Waals surface area contributed by atoms with Crippen molar-refractivity contribution in [1.29, 1.82) is 0 Å². The predicted molar refractivity (Wildman–Crippen MR) is 112 cm³/mol. The molecule has 4 heterocycles. The molecular weight excluding hydrogens is 454 g/mol. The van der Waals surface area contributed by atoms with Crippen LogP contribution >= 0.6 is 0 Å². The molecule has 178 valence electrons. The van der Waals surface area contributed by atoms with Crippen LogP contribution < -0.4 is 5.32 Å². The number of halogens is 4. The second-order valence-corrected chi connectivity index (χ2v) is 8.67. The van der Waals surface area contributed by atoms with Crippen LogP contribution in [0.4, 0.5) is 23.4 Å². The van der Waals surface area contributed by atoms with Crippen LogP contribution in [0.5, 0.6) is 0 Å². The molecule has 1 N–H and O–H groups in total. The lowest BCUT2D eigenvalue weighted by Crippen LogP contribution is -2.64. The number of aromatic nitrogens is 5. The first-order valence-electron chi connectivity index (χ1n) is 10.8. The summed E-state index contributed by atoms with van der Waals surface area (Å²) < 4.78 is 52.3. The summed E-state index contributed by atoms with van der Waals surface area (Å²) in [6.45, 7) is 2.35. The van der Waals surface area contributed by atoms with Crippen LogP contribution in [0.25, 0.3) is 5.69 Å². The fourth-order valence-corrected chi connectivity index (χ4v) is 4.83. The van der Waals surface area contributed by atoms with Crippen molar-refractivity contribution >= 4 is 11.7 Å². The highest BCUT2D eigenvalue weighted by atomic mass is 19.4. The average Bonchev–Trinajstić information content (AvgIpc) is 3.31. The quantitative estimate of drug-likeness (QED) is 0.568. The maximum Gasteiger partial charge on any atom is 0.434 e. The van der Waals surface area contributed by atoms with Gasteiger partial charge in [0.1, 0.15) is 17.3 Å². The number of nitrogens with one attached hydrogen (secondary N) is 1. The molecular formula is C22H21F4N7O. The summed E-state index contributed by atoms with van der Waals surface area (Å²) in [5.74, 6) is 0.0110. The van der Waals surface area contributed by atoms with E-state index in [1.807, 2.05) is 0 Å². The topological polar surface area (TPSA) is 88.8 Å².